The van der Waals surface area contributed by atoms with Gasteiger partial charge in [-0.2, -0.15) is 0 Å². The number of fused-ring (bicyclic) bond motifs is 1. The van der Waals surface area contributed by atoms with E-state index in [1.807, 2.05) is 0 Å². The van der Waals surface area contributed by atoms with Gasteiger partial charge in [-0.1, -0.05) is 0 Å². The molecule has 6 heteroatoms. The molecule has 18 heavy (non-hydrogen) atoms. The smallest absolute Gasteiger partial charge is 0.196 e. The molecule has 0 atom stereocenters. The number of nitrogens with one attached hydrogen (secondary N) is 1. The molecule has 0 spiro atoms. The Balaban J connectivity index is 2.79. The summed E-state index contributed by atoms with van der Waals surface area (Å²) in [5.74, 6) is -4.05. The number of anilines is 1. The van der Waals surface area contributed by atoms with Crippen LogP contribution < -0.4 is 5.32 Å². The fourth-order valence-electron chi connectivity index (χ4n) is 1.75. The van der Waals surface area contributed by atoms with Crippen molar-refractivity contribution >= 4 is 16.6 Å². The van der Waals surface area contributed by atoms with Crippen molar-refractivity contribution in [2.75, 3.05) is 19.5 Å². The van der Waals surface area contributed by atoms with Crippen LogP contribution in [0.5, 0.6) is 0 Å². The van der Waals surface area contributed by atoms with Crippen LogP contribution in [0.1, 0.15) is 5.69 Å². The van der Waals surface area contributed by atoms with Crippen LogP contribution in [0.4, 0.5) is 18.9 Å². The Morgan fingerprint density at radius 3 is 2.56 bits per heavy atom. The molecule has 0 fully saturated rings. The van der Waals surface area contributed by atoms with E-state index in [-0.39, 0.29) is 17.5 Å². The fourth-order valence-corrected chi connectivity index (χ4v) is 1.75. The molecular formula is C12H11F3N2O. The summed E-state index contributed by atoms with van der Waals surface area (Å²) in [5.41, 5.74) is 0.678. The average molecular weight is 256 g/mol. The molecule has 2 aromatic rings. The number of rotatable bonds is 3. The number of pyridine rings is 1. The zero-order chi connectivity index (χ0) is 13.3. The van der Waals surface area contributed by atoms with Crippen LogP contribution in [0.3, 0.4) is 0 Å². The van der Waals surface area contributed by atoms with E-state index in [1.165, 1.54) is 7.11 Å². The number of nitrogens with zero attached hydrogens (tertiary/aromatic N) is 1. The van der Waals surface area contributed by atoms with E-state index in [9.17, 15) is 13.2 Å². The van der Waals surface area contributed by atoms with Gasteiger partial charge in [0.05, 0.1) is 12.3 Å². The van der Waals surface area contributed by atoms with Crippen molar-refractivity contribution < 1.29 is 17.9 Å². The van der Waals surface area contributed by atoms with Crippen LogP contribution in [-0.4, -0.2) is 19.1 Å². The standard InChI is InChI=1S/C12H11F3N2O/c1-16-9-3-6(5-18-2)17-12-7(9)4-8(13)10(14)11(12)15/h3-4H,5H2,1-2H3,(H,16,17). The first-order valence-electron chi connectivity index (χ1n) is 5.22. The zero-order valence-electron chi connectivity index (χ0n) is 9.85. The SMILES string of the molecule is CNc1cc(COC)nc2c(F)c(F)c(F)cc12. The number of methoxy groups -OCH3 is 1. The highest BCUT2D eigenvalue weighted by Crippen LogP contribution is 2.28. The monoisotopic (exact) mass is 256 g/mol. The van der Waals surface area contributed by atoms with Gasteiger partial charge in [0.15, 0.2) is 17.5 Å². The third kappa shape index (κ3) is 1.99. The molecule has 1 aromatic carbocycles. The van der Waals surface area contributed by atoms with E-state index < -0.39 is 17.5 Å². The Kier molecular flexibility index (Phi) is 3.38. The molecule has 3 nitrogen and oxygen atoms in total. The highest BCUT2D eigenvalue weighted by Gasteiger charge is 2.17. The van der Waals surface area contributed by atoms with Crippen molar-refractivity contribution in [1.82, 2.24) is 4.98 Å². The molecule has 0 aliphatic carbocycles. The molecule has 0 saturated carbocycles. The van der Waals surface area contributed by atoms with Gasteiger partial charge >= 0.3 is 0 Å². The molecule has 0 unspecified atom stereocenters. The lowest BCUT2D eigenvalue weighted by molar-refractivity contribution is 0.182. The Hall–Kier alpha value is -1.82. The van der Waals surface area contributed by atoms with Gasteiger partial charge < -0.3 is 10.1 Å². The van der Waals surface area contributed by atoms with Crippen molar-refractivity contribution in [2.45, 2.75) is 6.61 Å². The molecule has 0 amide bonds. The maximum absolute atomic E-state index is 13.6. The minimum atomic E-state index is -1.52. The van der Waals surface area contributed by atoms with Gasteiger partial charge in [0, 0.05) is 25.2 Å². The third-order valence-electron chi connectivity index (χ3n) is 2.55. The Labute approximate surface area is 102 Å². The average Bonchev–Trinajstić information content (AvgIpc) is 2.37. The molecule has 1 N–H and O–H groups in total. The van der Waals surface area contributed by atoms with Crippen LogP contribution in [0.2, 0.25) is 0 Å². The molecular weight excluding hydrogens is 245 g/mol. The maximum Gasteiger partial charge on any atom is 0.196 e. The Morgan fingerprint density at radius 1 is 1.22 bits per heavy atom. The first-order valence-corrected chi connectivity index (χ1v) is 5.22. The van der Waals surface area contributed by atoms with E-state index in [2.05, 4.69) is 10.3 Å². The predicted molar refractivity (Wildman–Crippen MR) is 61.9 cm³/mol. The quantitative estimate of drug-likeness (QED) is 0.857. The second-order valence-electron chi connectivity index (χ2n) is 3.73. The van der Waals surface area contributed by atoms with E-state index in [1.54, 1.807) is 13.1 Å². The summed E-state index contributed by atoms with van der Waals surface area (Å²) in [6.07, 6.45) is 0. The summed E-state index contributed by atoms with van der Waals surface area (Å²) in [5, 5.41) is 2.98. The second-order valence-corrected chi connectivity index (χ2v) is 3.73. The predicted octanol–water partition coefficient (Wildman–Crippen LogP) is 2.84. The first-order chi connectivity index (χ1) is 8.58. The van der Waals surface area contributed by atoms with Crippen molar-refractivity contribution in [2.24, 2.45) is 0 Å². The Bertz CT molecular complexity index is 602. The minimum Gasteiger partial charge on any atom is -0.388 e. The summed E-state index contributed by atoms with van der Waals surface area (Å²) in [6.45, 7) is 0.156. The summed E-state index contributed by atoms with van der Waals surface area (Å²) in [4.78, 5) is 3.93. The van der Waals surface area contributed by atoms with Gasteiger partial charge in [-0.3, -0.25) is 0 Å². The van der Waals surface area contributed by atoms with E-state index in [0.717, 1.165) is 6.07 Å². The Morgan fingerprint density at radius 2 is 1.94 bits per heavy atom. The van der Waals surface area contributed by atoms with Gasteiger partial charge in [0.2, 0.25) is 0 Å². The van der Waals surface area contributed by atoms with Gasteiger partial charge in [-0.25, -0.2) is 18.2 Å². The minimum absolute atomic E-state index is 0.156. The van der Waals surface area contributed by atoms with Crippen LogP contribution in [0.15, 0.2) is 12.1 Å². The van der Waals surface area contributed by atoms with Crippen molar-refractivity contribution in [1.29, 1.82) is 0 Å². The van der Waals surface area contributed by atoms with E-state index in [4.69, 9.17) is 4.74 Å². The van der Waals surface area contributed by atoms with Crippen molar-refractivity contribution in [3.63, 3.8) is 0 Å². The van der Waals surface area contributed by atoms with Crippen molar-refractivity contribution in [3.8, 4) is 0 Å². The molecule has 0 bridgehead atoms. The van der Waals surface area contributed by atoms with Crippen LogP contribution in [0, 0.1) is 17.5 Å². The lowest BCUT2D eigenvalue weighted by Gasteiger charge is -2.10. The summed E-state index contributed by atoms with van der Waals surface area (Å²) >= 11 is 0. The van der Waals surface area contributed by atoms with Crippen LogP contribution in [-0.2, 0) is 11.3 Å². The lowest BCUT2D eigenvalue weighted by atomic mass is 10.1. The molecule has 0 aliphatic rings. The maximum atomic E-state index is 13.6. The van der Waals surface area contributed by atoms with E-state index in [0.29, 0.717) is 11.4 Å². The second kappa shape index (κ2) is 4.81. The summed E-state index contributed by atoms with van der Waals surface area (Å²) < 4.78 is 44.9. The first kappa shape index (κ1) is 12.6. The normalized spacial score (nSPS) is 10.9. The molecule has 0 radical (unpaired) electrons. The third-order valence-corrected chi connectivity index (χ3v) is 2.55. The molecule has 0 aliphatic heterocycles. The van der Waals surface area contributed by atoms with Crippen LogP contribution >= 0.6 is 0 Å². The number of hydrogen-bond donors (Lipinski definition) is 1. The highest BCUT2D eigenvalue weighted by atomic mass is 19.2. The topological polar surface area (TPSA) is 34.1 Å². The summed E-state index contributed by atoms with van der Waals surface area (Å²) in [6, 6.07) is 2.52. The molecule has 0 saturated heterocycles. The zero-order valence-corrected chi connectivity index (χ0v) is 9.85. The van der Waals surface area contributed by atoms with Crippen LogP contribution in [0.25, 0.3) is 10.9 Å². The van der Waals surface area contributed by atoms with Gasteiger partial charge in [0.1, 0.15) is 5.52 Å². The highest BCUT2D eigenvalue weighted by molar-refractivity contribution is 5.91. The van der Waals surface area contributed by atoms with Gasteiger partial charge in [0.25, 0.3) is 0 Å². The van der Waals surface area contributed by atoms with E-state index >= 15 is 0 Å². The largest absolute Gasteiger partial charge is 0.388 e. The molecule has 1 heterocycles. The lowest BCUT2D eigenvalue weighted by Crippen LogP contribution is -2.02. The number of hydrogen-bond acceptors (Lipinski definition) is 3. The van der Waals surface area contributed by atoms with Gasteiger partial charge in [-0.05, 0) is 12.1 Å². The summed E-state index contributed by atoms with van der Waals surface area (Å²) in [7, 11) is 3.07. The number of aromatic nitrogens is 1. The molecule has 96 valence electrons. The molecule has 1 aromatic heterocycles. The molecule has 2 rings (SSSR count). The number of ether oxygens (including phenoxy) is 1. The van der Waals surface area contributed by atoms with Gasteiger partial charge in [-0.15, -0.1) is 0 Å². The number of halogens is 3. The number of benzene rings is 1. The fraction of sp³-hybridized carbons (Fsp3) is 0.250. The van der Waals surface area contributed by atoms with Crippen molar-refractivity contribution in [3.05, 3.63) is 35.3 Å².